The molecule has 1 aliphatic carbocycles. The molecule has 3 nitrogen and oxygen atoms in total. The van der Waals surface area contributed by atoms with E-state index in [1.54, 1.807) is 0 Å². The maximum absolute atomic E-state index is 12.8. The van der Waals surface area contributed by atoms with Crippen LogP contribution in [0.15, 0.2) is 30.4 Å². The standard InChI is InChI=1S/C19H24O3/c1-2-3-4-6-11-19(12-7-5-8-18(19)20)15-9-10-16-17(13-15)22-14-21-16/h4,6,9-10,13H,2-3,5,7-8,11-12,14H2,1H3/b6-4+/t19-/m0/s1. The third-order valence-corrected chi connectivity index (χ3v) is 4.80. The number of unbranched alkanes of at least 4 members (excludes halogenated alkanes) is 1. The molecule has 1 saturated carbocycles. The summed E-state index contributed by atoms with van der Waals surface area (Å²) in [7, 11) is 0. The molecule has 0 saturated heterocycles. The van der Waals surface area contributed by atoms with Crippen molar-refractivity contribution in [3.63, 3.8) is 0 Å². The molecule has 0 bridgehead atoms. The highest BCUT2D eigenvalue weighted by Crippen LogP contribution is 2.43. The maximum Gasteiger partial charge on any atom is 0.231 e. The number of benzene rings is 1. The first kappa shape index (κ1) is 15.1. The highest BCUT2D eigenvalue weighted by Gasteiger charge is 2.41. The number of ether oxygens (including phenoxy) is 2. The summed E-state index contributed by atoms with van der Waals surface area (Å²) in [5.41, 5.74) is 0.714. The molecular formula is C19H24O3. The van der Waals surface area contributed by atoms with E-state index in [1.807, 2.05) is 18.2 Å². The fourth-order valence-electron chi connectivity index (χ4n) is 3.49. The Morgan fingerprint density at radius 2 is 2.05 bits per heavy atom. The fraction of sp³-hybridized carbons (Fsp3) is 0.526. The Kier molecular flexibility index (Phi) is 4.51. The van der Waals surface area contributed by atoms with Crippen molar-refractivity contribution < 1.29 is 14.3 Å². The van der Waals surface area contributed by atoms with Gasteiger partial charge in [-0.3, -0.25) is 4.79 Å². The van der Waals surface area contributed by atoms with Gasteiger partial charge in [-0.05, 0) is 43.4 Å². The molecule has 1 aliphatic heterocycles. The molecule has 0 unspecified atom stereocenters. The van der Waals surface area contributed by atoms with Crippen LogP contribution in [0.25, 0.3) is 0 Å². The lowest BCUT2D eigenvalue weighted by atomic mass is 9.66. The lowest BCUT2D eigenvalue weighted by molar-refractivity contribution is -0.126. The van der Waals surface area contributed by atoms with Crippen molar-refractivity contribution in [2.24, 2.45) is 0 Å². The van der Waals surface area contributed by atoms with Crippen molar-refractivity contribution in [3.8, 4) is 11.5 Å². The van der Waals surface area contributed by atoms with Gasteiger partial charge in [0.25, 0.3) is 0 Å². The smallest absolute Gasteiger partial charge is 0.231 e. The Labute approximate surface area is 132 Å². The van der Waals surface area contributed by atoms with E-state index < -0.39 is 0 Å². The van der Waals surface area contributed by atoms with E-state index >= 15 is 0 Å². The molecule has 1 fully saturated rings. The summed E-state index contributed by atoms with van der Waals surface area (Å²) in [4.78, 5) is 12.8. The highest BCUT2D eigenvalue weighted by atomic mass is 16.7. The zero-order chi connectivity index (χ0) is 15.4. The van der Waals surface area contributed by atoms with E-state index in [4.69, 9.17) is 9.47 Å². The van der Waals surface area contributed by atoms with Gasteiger partial charge in [-0.2, -0.15) is 0 Å². The second-order valence-electron chi connectivity index (χ2n) is 6.24. The predicted molar refractivity (Wildman–Crippen MR) is 86.4 cm³/mol. The Hall–Kier alpha value is -1.77. The molecule has 0 N–H and O–H groups in total. The van der Waals surface area contributed by atoms with Crippen LogP contribution in [0.1, 0.15) is 57.4 Å². The van der Waals surface area contributed by atoms with Gasteiger partial charge in [-0.1, -0.05) is 38.0 Å². The number of hydrogen-bond acceptors (Lipinski definition) is 3. The van der Waals surface area contributed by atoms with E-state index in [0.717, 1.165) is 55.6 Å². The fourth-order valence-corrected chi connectivity index (χ4v) is 3.49. The number of rotatable bonds is 5. The van der Waals surface area contributed by atoms with Gasteiger partial charge in [0.05, 0.1) is 5.41 Å². The monoisotopic (exact) mass is 300 g/mol. The molecule has 1 atom stereocenters. The average Bonchev–Trinajstić information content (AvgIpc) is 3.01. The number of ketones is 1. The van der Waals surface area contributed by atoms with Gasteiger partial charge in [0, 0.05) is 6.42 Å². The minimum atomic E-state index is -0.372. The minimum Gasteiger partial charge on any atom is -0.454 e. The van der Waals surface area contributed by atoms with Gasteiger partial charge >= 0.3 is 0 Å². The SMILES string of the molecule is CCC/C=C/C[C@@]1(c2ccc3c(c2)OCO3)CCCCC1=O. The van der Waals surface area contributed by atoms with Crippen LogP contribution in [0.4, 0.5) is 0 Å². The summed E-state index contributed by atoms with van der Waals surface area (Å²) >= 11 is 0. The van der Waals surface area contributed by atoms with Crippen LogP contribution in [-0.2, 0) is 10.2 Å². The molecule has 22 heavy (non-hydrogen) atoms. The van der Waals surface area contributed by atoms with Crippen LogP contribution in [0.5, 0.6) is 11.5 Å². The molecule has 0 aromatic heterocycles. The second-order valence-corrected chi connectivity index (χ2v) is 6.24. The molecular weight excluding hydrogens is 276 g/mol. The first-order chi connectivity index (χ1) is 10.8. The van der Waals surface area contributed by atoms with Crippen LogP contribution in [0, 0.1) is 0 Å². The van der Waals surface area contributed by atoms with Gasteiger partial charge in [-0.25, -0.2) is 0 Å². The molecule has 2 aliphatic rings. The van der Waals surface area contributed by atoms with E-state index in [1.165, 1.54) is 0 Å². The predicted octanol–water partition coefficient (Wildman–Crippen LogP) is 4.54. The quantitative estimate of drug-likeness (QED) is 0.749. The van der Waals surface area contributed by atoms with Crippen LogP contribution in [0.3, 0.4) is 0 Å². The summed E-state index contributed by atoms with van der Waals surface area (Å²) in [6.07, 6.45) is 11.2. The van der Waals surface area contributed by atoms with Crippen molar-refractivity contribution >= 4 is 5.78 Å². The number of fused-ring (bicyclic) bond motifs is 1. The maximum atomic E-state index is 12.8. The molecule has 0 spiro atoms. The number of carbonyl (C=O) groups is 1. The van der Waals surface area contributed by atoms with Crippen molar-refractivity contribution in [1.82, 2.24) is 0 Å². The second kappa shape index (κ2) is 6.55. The van der Waals surface area contributed by atoms with Crippen LogP contribution < -0.4 is 9.47 Å². The molecule has 118 valence electrons. The molecule has 0 radical (unpaired) electrons. The van der Waals surface area contributed by atoms with Crippen molar-refractivity contribution in [2.45, 2.75) is 57.3 Å². The topological polar surface area (TPSA) is 35.5 Å². The van der Waals surface area contributed by atoms with Gasteiger partial charge in [-0.15, -0.1) is 0 Å². The van der Waals surface area contributed by atoms with E-state index in [9.17, 15) is 4.79 Å². The summed E-state index contributed by atoms with van der Waals surface area (Å²) in [5.74, 6) is 1.93. The highest BCUT2D eigenvalue weighted by molar-refractivity contribution is 5.91. The van der Waals surface area contributed by atoms with E-state index in [0.29, 0.717) is 12.2 Å². The number of hydrogen-bond donors (Lipinski definition) is 0. The summed E-state index contributed by atoms with van der Waals surface area (Å²) in [6.45, 7) is 2.44. The summed E-state index contributed by atoms with van der Waals surface area (Å²) < 4.78 is 10.9. The zero-order valence-electron chi connectivity index (χ0n) is 13.3. The van der Waals surface area contributed by atoms with Crippen LogP contribution in [0.2, 0.25) is 0 Å². The Bertz CT molecular complexity index is 576. The number of Topliss-reactive ketones (excluding diaryl/α,β-unsaturated/α-hetero) is 1. The van der Waals surface area contributed by atoms with Gasteiger partial charge in [0.1, 0.15) is 5.78 Å². The molecule has 1 heterocycles. The molecule has 3 rings (SSSR count). The number of allylic oxidation sites excluding steroid dienone is 2. The van der Waals surface area contributed by atoms with E-state index in [2.05, 4.69) is 19.1 Å². The average molecular weight is 300 g/mol. The summed E-state index contributed by atoms with van der Waals surface area (Å²) in [5, 5.41) is 0. The largest absolute Gasteiger partial charge is 0.454 e. The van der Waals surface area contributed by atoms with E-state index in [-0.39, 0.29) is 12.2 Å². The third-order valence-electron chi connectivity index (χ3n) is 4.80. The lowest BCUT2D eigenvalue weighted by Crippen LogP contribution is -2.38. The first-order valence-electron chi connectivity index (χ1n) is 8.35. The van der Waals surface area contributed by atoms with Crippen LogP contribution in [-0.4, -0.2) is 12.6 Å². The molecule has 1 aromatic carbocycles. The van der Waals surface area contributed by atoms with Gasteiger partial charge < -0.3 is 9.47 Å². The van der Waals surface area contributed by atoms with Crippen molar-refractivity contribution in [2.75, 3.05) is 6.79 Å². The lowest BCUT2D eigenvalue weighted by Gasteiger charge is -2.35. The Balaban J connectivity index is 1.92. The Morgan fingerprint density at radius 1 is 1.18 bits per heavy atom. The normalized spacial score (nSPS) is 24.1. The first-order valence-corrected chi connectivity index (χ1v) is 8.35. The van der Waals surface area contributed by atoms with Gasteiger partial charge in [0.2, 0.25) is 6.79 Å². The molecule has 1 aromatic rings. The molecule has 0 amide bonds. The molecule has 3 heteroatoms. The number of carbonyl (C=O) groups excluding carboxylic acids is 1. The van der Waals surface area contributed by atoms with Crippen LogP contribution >= 0.6 is 0 Å². The minimum absolute atomic E-state index is 0.274. The third kappa shape index (κ3) is 2.77. The zero-order valence-corrected chi connectivity index (χ0v) is 13.3. The van der Waals surface area contributed by atoms with Crippen molar-refractivity contribution in [3.05, 3.63) is 35.9 Å². The Morgan fingerprint density at radius 3 is 2.86 bits per heavy atom. The van der Waals surface area contributed by atoms with Crippen molar-refractivity contribution in [1.29, 1.82) is 0 Å². The van der Waals surface area contributed by atoms with Gasteiger partial charge in [0.15, 0.2) is 11.5 Å². The summed E-state index contributed by atoms with van der Waals surface area (Å²) in [6, 6.07) is 6.00.